The van der Waals surface area contributed by atoms with Crippen LogP contribution in [-0.4, -0.2) is 25.5 Å². The molecule has 0 spiro atoms. The Morgan fingerprint density at radius 1 is 0.900 bits per heavy atom. The van der Waals surface area contributed by atoms with Crippen molar-refractivity contribution < 1.29 is 14.3 Å². The molecule has 0 heterocycles. The van der Waals surface area contributed by atoms with Crippen LogP contribution in [0.15, 0.2) is 78.9 Å². The topological polar surface area (TPSA) is 58.6 Å². The Kier molecular flexibility index (Phi) is 6.86. The van der Waals surface area contributed by atoms with Gasteiger partial charge in [0.25, 0.3) is 11.8 Å². The molecule has 0 aromatic heterocycles. The van der Waals surface area contributed by atoms with Crippen LogP contribution in [-0.2, 0) is 0 Å². The third kappa shape index (κ3) is 5.47. The van der Waals surface area contributed by atoms with Gasteiger partial charge in [-0.3, -0.25) is 9.59 Å². The molecule has 3 rings (SSSR count). The van der Waals surface area contributed by atoms with Crippen molar-refractivity contribution in [1.82, 2.24) is 0 Å². The lowest BCUT2D eigenvalue weighted by Crippen LogP contribution is -2.26. The van der Waals surface area contributed by atoms with E-state index >= 15 is 0 Å². The van der Waals surface area contributed by atoms with Gasteiger partial charge in [-0.25, -0.2) is 0 Å². The maximum Gasteiger partial charge on any atom is 0.258 e. The number of para-hydroxylation sites is 1. The van der Waals surface area contributed by atoms with Crippen molar-refractivity contribution >= 4 is 23.2 Å². The lowest BCUT2D eigenvalue weighted by Gasteiger charge is -2.17. The van der Waals surface area contributed by atoms with Gasteiger partial charge in [0.05, 0.1) is 6.61 Å². The predicted octanol–water partition coefficient (Wildman–Crippen LogP) is 5.25. The van der Waals surface area contributed by atoms with Gasteiger partial charge in [-0.15, -0.1) is 0 Å². The summed E-state index contributed by atoms with van der Waals surface area (Å²) in [6.45, 7) is 4.74. The number of ether oxygens (including phenoxy) is 1. The summed E-state index contributed by atoms with van der Waals surface area (Å²) >= 11 is 0. The van der Waals surface area contributed by atoms with Gasteiger partial charge in [-0.1, -0.05) is 38.1 Å². The summed E-state index contributed by atoms with van der Waals surface area (Å²) < 4.78 is 5.69. The van der Waals surface area contributed by atoms with Crippen molar-refractivity contribution in [2.75, 3.05) is 23.9 Å². The Morgan fingerprint density at radius 2 is 1.60 bits per heavy atom. The largest absolute Gasteiger partial charge is 0.493 e. The minimum atomic E-state index is -0.231. The number of nitrogens with one attached hydrogen (secondary N) is 1. The summed E-state index contributed by atoms with van der Waals surface area (Å²) in [5.41, 5.74) is 2.50. The number of nitrogens with zero attached hydrogens (tertiary/aromatic N) is 1. The Labute approximate surface area is 177 Å². The summed E-state index contributed by atoms with van der Waals surface area (Å²) in [6.07, 6.45) is 0. The van der Waals surface area contributed by atoms with Gasteiger partial charge in [0, 0.05) is 29.5 Å². The monoisotopic (exact) mass is 402 g/mol. The molecule has 0 fully saturated rings. The van der Waals surface area contributed by atoms with Crippen LogP contribution < -0.4 is 15.0 Å². The van der Waals surface area contributed by atoms with Crippen LogP contribution in [0.1, 0.15) is 34.6 Å². The Morgan fingerprint density at radius 3 is 2.27 bits per heavy atom. The summed E-state index contributed by atoms with van der Waals surface area (Å²) in [7, 11) is 1.74. The molecule has 0 bridgehead atoms. The van der Waals surface area contributed by atoms with Crippen molar-refractivity contribution in [3.05, 3.63) is 90.0 Å². The van der Waals surface area contributed by atoms with Crippen LogP contribution in [0.4, 0.5) is 11.4 Å². The minimum Gasteiger partial charge on any atom is -0.493 e. The number of hydrogen-bond acceptors (Lipinski definition) is 3. The van der Waals surface area contributed by atoms with E-state index in [2.05, 4.69) is 19.2 Å². The Balaban J connectivity index is 1.65. The van der Waals surface area contributed by atoms with Crippen molar-refractivity contribution in [2.45, 2.75) is 13.8 Å². The third-order valence-corrected chi connectivity index (χ3v) is 4.52. The van der Waals surface area contributed by atoms with Gasteiger partial charge >= 0.3 is 0 Å². The molecule has 0 unspecified atom stereocenters. The van der Waals surface area contributed by atoms with E-state index < -0.39 is 0 Å². The number of rotatable bonds is 7. The number of carbonyl (C=O) groups excluding carboxylic acids is 2. The molecule has 1 N–H and O–H groups in total. The van der Waals surface area contributed by atoms with E-state index in [0.717, 1.165) is 5.69 Å². The molecule has 0 saturated carbocycles. The van der Waals surface area contributed by atoms with E-state index in [4.69, 9.17) is 4.74 Å². The van der Waals surface area contributed by atoms with Crippen LogP contribution >= 0.6 is 0 Å². The normalized spacial score (nSPS) is 10.5. The summed E-state index contributed by atoms with van der Waals surface area (Å²) in [6, 6.07) is 23.4. The van der Waals surface area contributed by atoms with Crippen LogP contribution in [0, 0.1) is 5.92 Å². The molecule has 30 heavy (non-hydrogen) atoms. The second-order valence-electron chi connectivity index (χ2n) is 7.46. The smallest absolute Gasteiger partial charge is 0.258 e. The first-order valence-corrected chi connectivity index (χ1v) is 9.91. The van der Waals surface area contributed by atoms with Crippen molar-refractivity contribution in [2.24, 2.45) is 5.92 Å². The first-order valence-electron chi connectivity index (χ1n) is 9.91. The number of benzene rings is 3. The number of amides is 2. The van der Waals surface area contributed by atoms with Gasteiger partial charge < -0.3 is 15.0 Å². The molecular weight excluding hydrogens is 376 g/mol. The Bertz CT molecular complexity index is 998. The molecule has 0 aliphatic rings. The molecule has 154 valence electrons. The zero-order valence-electron chi connectivity index (χ0n) is 17.5. The average Bonchev–Trinajstić information content (AvgIpc) is 2.78. The van der Waals surface area contributed by atoms with Gasteiger partial charge in [-0.2, -0.15) is 0 Å². The first kappa shape index (κ1) is 21.1. The lowest BCUT2D eigenvalue weighted by atomic mass is 10.1. The van der Waals surface area contributed by atoms with Crippen molar-refractivity contribution in [3.8, 4) is 5.75 Å². The van der Waals surface area contributed by atoms with E-state index in [1.807, 2.05) is 36.4 Å². The van der Waals surface area contributed by atoms with E-state index in [9.17, 15) is 9.59 Å². The number of carbonyl (C=O) groups is 2. The van der Waals surface area contributed by atoms with Crippen molar-refractivity contribution in [3.63, 3.8) is 0 Å². The SMILES string of the molecule is CC(C)COc1cccc(C(=O)Nc2ccc(C(=O)N(C)c3ccccc3)cc2)c1. The van der Waals surface area contributed by atoms with Gasteiger partial charge in [0.1, 0.15) is 5.75 Å². The highest BCUT2D eigenvalue weighted by molar-refractivity contribution is 6.07. The fraction of sp³-hybridized carbons (Fsp3) is 0.200. The van der Waals surface area contributed by atoms with Gasteiger partial charge in [0.15, 0.2) is 0 Å². The summed E-state index contributed by atoms with van der Waals surface area (Å²) in [5.74, 6) is 0.727. The molecule has 0 aliphatic carbocycles. The zero-order chi connectivity index (χ0) is 21.5. The standard InChI is InChI=1S/C25H26N2O3/c1-18(2)17-30-23-11-7-8-20(16-23)24(28)26-21-14-12-19(13-15-21)25(29)27(3)22-9-5-4-6-10-22/h4-16,18H,17H2,1-3H3,(H,26,28). The predicted molar refractivity (Wildman–Crippen MR) is 120 cm³/mol. The highest BCUT2D eigenvalue weighted by Crippen LogP contribution is 2.19. The molecule has 0 aliphatic heterocycles. The molecule has 5 nitrogen and oxygen atoms in total. The van der Waals surface area contributed by atoms with Crippen LogP contribution in [0.5, 0.6) is 5.75 Å². The molecule has 0 saturated heterocycles. The molecule has 5 heteroatoms. The fourth-order valence-electron chi connectivity index (χ4n) is 2.85. The van der Waals surface area contributed by atoms with Crippen molar-refractivity contribution in [1.29, 1.82) is 0 Å². The zero-order valence-corrected chi connectivity index (χ0v) is 17.5. The quantitative estimate of drug-likeness (QED) is 0.587. The maximum absolute atomic E-state index is 12.7. The van der Waals surface area contributed by atoms with Crippen LogP contribution in [0.2, 0.25) is 0 Å². The molecule has 2 amide bonds. The fourth-order valence-corrected chi connectivity index (χ4v) is 2.85. The number of hydrogen-bond donors (Lipinski definition) is 1. The van der Waals surface area contributed by atoms with E-state index in [1.165, 1.54) is 0 Å². The second-order valence-corrected chi connectivity index (χ2v) is 7.46. The molecule has 3 aromatic rings. The minimum absolute atomic E-state index is 0.117. The average molecular weight is 402 g/mol. The number of anilines is 2. The van der Waals surface area contributed by atoms with Gasteiger partial charge in [0.2, 0.25) is 0 Å². The van der Waals surface area contributed by atoms with Crippen LogP contribution in [0.3, 0.4) is 0 Å². The van der Waals surface area contributed by atoms with E-state index in [0.29, 0.717) is 35.1 Å². The third-order valence-electron chi connectivity index (χ3n) is 4.52. The van der Waals surface area contributed by atoms with Gasteiger partial charge in [-0.05, 0) is 60.5 Å². The highest BCUT2D eigenvalue weighted by Gasteiger charge is 2.14. The second kappa shape index (κ2) is 9.74. The highest BCUT2D eigenvalue weighted by atomic mass is 16.5. The van der Waals surface area contributed by atoms with E-state index in [-0.39, 0.29) is 11.8 Å². The molecule has 0 radical (unpaired) electrons. The molecule has 3 aromatic carbocycles. The summed E-state index contributed by atoms with van der Waals surface area (Å²) in [5, 5.41) is 2.86. The lowest BCUT2D eigenvalue weighted by molar-refractivity contribution is 0.0991. The Hall–Kier alpha value is -3.60. The molecule has 0 atom stereocenters. The first-order chi connectivity index (χ1) is 14.4. The molecular formula is C25H26N2O3. The maximum atomic E-state index is 12.7. The van der Waals surface area contributed by atoms with E-state index in [1.54, 1.807) is 54.4 Å². The van der Waals surface area contributed by atoms with Crippen LogP contribution in [0.25, 0.3) is 0 Å². The summed E-state index contributed by atoms with van der Waals surface area (Å²) in [4.78, 5) is 26.8.